The minimum atomic E-state index is -0.516. The van der Waals surface area contributed by atoms with E-state index in [1.165, 1.54) is 0 Å². The van der Waals surface area contributed by atoms with E-state index >= 15 is 0 Å². The maximum atomic E-state index is 12.4. The van der Waals surface area contributed by atoms with Gasteiger partial charge >= 0.3 is 0 Å². The van der Waals surface area contributed by atoms with Gasteiger partial charge in [-0.15, -0.1) is 0 Å². The van der Waals surface area contributed by atoms with Crippen molar-refractivity contribution < 1.29 is 9.53 Å². The van der Waals surface area contributed by atoms with E-state index in [0.717, 1.165) is 22.4 Å². The average molecular weight is 332 g/mol. The monoisotopic (exact) mass is 331 g/mol. The molecular weight excluding hydrogens is 310 g/mol. The minimum Gasteiger partial charge on any atom is -0.480 e. The molecule has 0 fully saturated rings. The molecule has 0 saturated carbocycles. The molecule has 1 N–H and O–H groups in total. The first kappa shape index (κ1) is 17.4. The number of benzene rings is 2. The highest BCUT2D eigenvalue weighted by Crippen LogP contribution is 2.22. The number of carbonyl (C=O) groups is 1. The second kappa shape index (κ2) is 8.02. The number of halogens is 1. The van der Waals surface area contributed by atoms with E-state index in [9.17, 15) is 4.79 Å². The Labute approximate surface area is 142 Å². The molecule has 2 rings (SSSR count). The number of carbonyl (C=O) groups excluding carboxylic acids is 1. The second-order valence-electron chi connectivity index (χ2n) is 5.52. The lowest BCUT2D eigenvalue weighted by Crippen LogP contribution is -2.37. The molecule has 3 nitrogen and oxygen atoms in total. The molecule has 0 unspecified atom stereocenters. The second-order valence-corrected chi connectivity index (χ2v) is 5.93. The van der Waals surface area contributed by atoms with Gasteiger partial charge in [0.1, 0.15) is 5.75 Å². The fourth-order valence-corrected chi connectivity index (χ4v) is 2.47. The van der Waals surface area contributed by atoms with Gasteiger partial charge in [-0.05, 0) is 49.1 Å². The number of hydrogen-bond donors (Lipinski definition) is 1. The molecule has 0 spiro atoms. The van der Waals surface area contributed by atoms with Gasteiger partial charge in [-0.3, -0.25) is 4.79 Å². The largest absolute Gasteiger partial charge is 0.480 e. The van der Waals surface area contributed by atoms with Gasteiger partial charge in [-0.2, -0.15) is 0 Å². The Morgan fingerprint density at radius 1 is 1.17 bits per heavy atom. The summed E-state index contributed by atoms with van der Waals surface area (Å²) in [5.74, 6) is 0.623. The fraction of sp³-hybridized carbons (Fsp3) is 0.316. The van der Waals surface area contributed by atoms with Gasteiger partial charge in [0.05, 0.1) is 0 Å². The molecule has 2 aromatic carbocycles. The molecule has 0 saturated heterocycles. The van der Waals surface area contributed by atoms with Crippen LogP contribution in [0.15, 0.2) is 42.5 Å². The first-order chi connectivity index (χ1) is 11.0. The standard InChI is InChI=1S/C19H22ClNO2/c1-4-17(23-18-11-7-8-13(2)14(18)3)19(22)21-12-15-9-5-6-10-16(15)20/h5-11,17H,4,12H2,1-3H3,(H,21,22)/t17-/m0/s1. The topological polar surface area (TPSA) is 38.3 Å². The van der Waals surface area contributed by atoms with Crippen LogP contribution in [-0.4, -0.2) is 12.0 Å². The lowest BCUT2D eigenvalue weighted by atomic mass is 10.1. The van der Waals surface area contributed by atoms with Gasteiger partial charge in [0.2, 0.25) is 0 Å². The lowest BCUT2D eigenvalue weighted by Gasteiger charge is -2.19. The third-order valence-corrected chi connectivity index (χ3v) is 4.27. The molecular formula is C19H22ClNO2. The predicted molar refractivity (Wildman–Crippen MR) is 93.9 cm³/mol. The van der Waals surface area contributed by atoms with Crippen molar-refractivity contribution in [2.45, 2.75) is 39.8 Å². The van der Waals surface area contributed by atoms with Crippen molar-refractivity contribution in [2.24, 2.45) is 0 Å². The lowest BCUT2D eigenvalue weighted by molar-refractivity contribution is -0.128. The van der Waals surface area contributed by atoms with Crippen LogP contribution in [0.4, 0.5) is 0 Å². The summed E-state index contributed by atoms with van der Waals surface area (Å²) in [5, 5.41) is 3.55. The van der Waals surface area contributed by atoms with Gasteiger partial charge in [-0.25, -0.2) is 0 Å². The molecule has 0 aliphatic rings. The first-order valence-corrected chi connectivity index (χ1v) is 8.14. The van der Waals surface area contributed by atoms with E-state index in [-0.39, 0.29) is 5.91 Å². The van der Waals surface area contributed by atoms with Crippen LogP contribution in [-0.2, 0) is 11.3 Å². The number of rotatable bonds is 6. The highest BCUT2D eigenvalue weighted by Gasteiger charge is 2.19. The Hall–Kier alpha value is -2.00. The van der Waals surface area contributed by atoms with Crippen molar-refractivity contribution in [3.05, 3.63) is 64.2 Å². The van der Waals surface area contributed by atoms with E-state index in [0.29, 0.717) is 18.0 Å². The van der Waals surface area contributed by atoms with E-state index in [1.54, 1.807) is 0 Å². The average Bonchev–Trinajstić information content (AvgIpc) is 2.55. The van der Waals surface area contributed by atoms with Crippen LogP contribution in [0.2, 0.25) is 5.02 Å². The number of ether oxygens (including phenoxy) is 1. The summed E-state index contributed by atoms with van der Waals surface area (Å²) in [7, 11) is 0. The van der Waals surface area contributed by atoms with Crippen LogP contribution in [0.3, 0.4) is 0 Å². The van der Waals surface area contributed by atoms with E-state index < -0.39 is 6.10 Å². The first-order valence-electron chi connectivity index (χ1n) is 7.77. The summed E-state index contributed by atoms with van der Waals surface area (Å²) in [5.41, 5.74) is 3.10. The van der Waals surface area contributed by atoms with Crippen molar-refractivity contribution >= 4 is 17.5 Å². The van der Waals surface area contributed by atoms with Crippen molar-refractivity contribution in [3.8, 4) is 5.75 Å². The Morgan fingerprint density at radius 3 is 2.61 bits per heavy atom. The number of aryl methyl sites for hydroxylation is 1. The zero-order valence-corrected chi connectivity index (χ0v) is 14.5. The van der Waals surface area contributed by atoms with Gasteiger partial charge in [0.25, 0.3) is 5.91 Å². The zero-order chi connectivity index (χ0) is 16.8. The highest BCUT2D eigenvalue weighted by atomic mass is 35.5. The fourth-order valence-electron chi connectivity index (χ4n) is 2.27. The molecule has 23 heavy (non-hydrogen) atoms. The van der Waals surface area contributed by atoms with Crippen molar-refractivity contribution in [2.75, 3.05) is 0 Å². The Morgan fingerprint density at radius 2 is 1.91 bits per heavy atom. The summed E-state index contributed by atoms with van der Waals surface area (Å²) >= 11 is 6.11. The maximum absolute atomic E-state index is 12.4. The SMILES string of the molecule is CC[C@H](Oc1cccc(C)c1C)C(=O)NCc1ccccc1Cl. The molecule has 0 aromatic heterocycles. The highest BCUT2D eigenvalue weighted by molar-refractivity contribution is 6.31. The zero-order valence-electron chi connectivity index (χ0n) is 13.7. The van der Waals surface area contributed by atoms with Crippen molar-refractivity contribution in [1.29, 1.82) is 0 Å². The molecule has 0 aliphatic heterocycles. The Kier molecular flexibility index (Phi) is 6.05. The van der Waals surface area contributed by atoms with Crippen molar-refractivity contribution in [3.63, 3.8) is 0 Å². The summed E-state index contributed by atoms with van der Waals surface area (Å²) in [4.78, 5) is 12.4. The smallest absolute Gasteiger partial charge is 0.261 e. The predicted octanol–water partition coefficient (Wildman–Crippen LogP) is 4.43. The quantitative estimate of drug-likeness (QED) is 0.850. The molecule has 0 heterocycles. The van der Waals surface area contributed by atoms with E-state index in [2.05, 4.69) is 5.32 Å². The van der Waals surface area contributed by atoms with E-state index in [1.807, 2.05) is 63.2 Å². The van der Waals surface area contributed by atoms with Gasteiger partial charge in [0, 0.05) is 11.6 Å². The van der Waals surface area contributed by atoms with Gasteiger partial charge < -0.3 is 10.1 Å². The van der Waals surface area contributed by atoms with Gasteiger partial charge in [-0.1, -0.05) is 48.9 Å². The third-order valence-electron chi connectivity index (χ3n) is 3.90. The molecule has 4 heteroatoms. The van der Waals surface area contributed by atoms with Crippen LogP contribution < -0.4 is 10.1 Å². The summed E-state index contributed by atoms with van der Waals surface area (Å²) in [6, 6.07) is 13.3. The van der Waals surface area contributed by atoms with Gasteiger partial charge in [0.15, 0.2) is 6.10 Å². The molecule has 122 valence electrons. The van der Waals surface area contributed by atoms with Crippen LogP contribution >= 0.6 is 11.6 Å². The normalized spacial score (nSPS) is 11.8. The minimum absolute atomic E-state index is 0.131. The maximum Gasteiger partial charge on any atom is 0.261 e. The Balaban J connectivity index is 2.01. The number of nitrogens with one attached hydrogen (secondary N) is 1. The third kappa shape index (κ3) is 4.49. The summed E-state index contributed by atoms with van der Waals surface area (Å²) in [6.07, 6.45) is 0.0832. The summed E-state index contributed by atoms with van der Waals surface area (Å²) < 4.78 is 5.91. The Bertz CT molecular complexity index is 685. The van der Waals surface area contributed by atoms with E-state index in [4.69, 9.17) is 16.3 Å². The van der Waals surface area contributed by atoms with Crippen LogP contribution in [0, 0.1) is 13.8 Å². The molecule has 1 atom stereocenters. The van der Waals surface area contributed by atoms with Crippen LogP contribution in [0.25, 0.3) is 0 Å². The van der Waals surface area contributed by atoms with Crippen molar-refractivity contribution in [1.82, 2.24) is 5.32 Å². The molecule has 0 aliphatic carbocycles. The number of hydrogen-bond acceptors (Lipinski definition) is 2. The molecule has 0 radical (unpaired) electrons. The van der Waals surface area contributed by atoms with Crippen LogP contribution in [0.1, 0.15) is 30.0 Å². The van der Waals surface area contributed by atoms with Crippen LogP contribution in [0.5, 0.6) is 5.75 Å². The molecule has 1 amide bonds. The summed E-state index contributed by atoms with van der Waals surface area (Å²) in [6.45, 7) is 6.36. The molecule has 0 bridgehead atoms. The molecule has 2 aromatic rings. The number of amides is 1.